The van der Waals surface area contributed by atoms with E-state index in [0.717, 1.165) is 10.9 Å². The van der Waals surface area contributed by atoms with Gasteiger partial charge in [0.25, 0.3) is 0 Å². The molecular weight excluding hydrogens is 308 g/mol. The summed E-state index contributed by atoms with van der Waals surface area (Å²) >= 11 is 3.68. The van der Waals surface area contributed by atoms with Crippen LogP contribution in [0.15, 0.2) is 71.2 Å². The van der Waals surface area contributed by atoms with E-state index in [2.05, 4.69) is 82.7 Å². The van der Waals surface area contributed by atoms with E-state index in [0.29, 0.717) is 0 Å². The van der Waals surface area contributed by atoms with Crippen LogP contribution in [0.3, 0.4) is 0 Å². The van der Waals surface area contributed by atoms with Crippen molar-refractivity contribution in [3.63, 3.8) is 0 Å². The predicted octanol–water partition coefficient (Wildman–Crippen LogP) is 5.69. The molecule has 0 aliphatic heterocycles. The SMILES string of the molecule is Brc1ccccc1-c1cccc2c1-c1ccccc1C2. The number of fused-ring (bicyclic) bond motifs is 3. The minimum absolute atomic E-state index is 1.05. The first-order valence-electron chi connectivity index (χ1n) is 6.79. The minimum atomic E-state index is 1.05. The lowest BCUT2D eigenvalue weighted by atomic mass is 9.94. The zero-order valence-corrected chi connectivity index (χ0v) is 12.5. The van der Waals surface area contributed by atoms with Crippen LogP contribution in [0.5, 0.6) is 0 Å². The van der Waals surface area contributed by atoms with Gasteiger partial charge in [0.1, 0.15) is 0 Å². The molecule has 0 saturated heterocycles. The Hall–Kier alpha value is -1.86. The average Bonchev–Trinajstić information content (AvgIpc) is 2.86. The second kappa shape index (κ2) is 4.60. The maximum Gasteiger partial charge on any atom is 0.0253 e. The maximum absolute atomic E-state index is 3.68. The molecule has 1 aliphatic carbocycles. The molecule has 0 amide bonds. The molecule has 0 heterocycles. The molecule has 1 aliphatic rings. The molecule has 20 heavy (non-hydrogen) atoms. The molecule has 0 aromatic heterocycles. The van der Waals surface area contributed by atoms with Crippen LogP contribution < -0.4 is 0 Å². The van der Waals surface area contributed by atoms with Gasteiger partial charge in [-0.1, -0.05) is 76.6 Å². The Kier molecular flexibility index (Phi) is 2.75. The highest BCUT2D eigenvalue weighted by Crippen LogP contribution is 2.44. The normalized spacial score (nSPS) is 12.1. The largest absolute Gasteiger partial charge is 0.0619 e. The quantitative estimate of drug-likeness (QED) is 0.423. The van der Waals surface area contributed by atoms with Crippen molar-refractivity contribution in [1.29, 1.82) is 0 Å². The van der Waals surface area contributed by atoms with Gasteiger partial charge in [0.2, 0.25) is 0 Å². The summed E-state index contributed by atoms with van der Waals surface area (Å²) in [6.45, 7) is 0. The van der Waals surface area contributed by atoms with Crippen LogP contribution in [0.4, 0.5) is 0 Å². The summed E-state index contributed by atoms with van der Waals surface area (Å²) in [5.41, 5.74) is 8.23. The first-order valence-corrected chi connectivity index (χ1v) is 7.59. The third-order valence-corrected chi connectivity index (χ3v) is 4.67. The predicted molar refractivity (Wildman–Crippen MR) is 87.8 cm³/mol. The summed E-state index contributed by atoms with van der Waals surface area (Å²) in [5, 5.41) is 0. The van der Waals surface area contributed by atoms with Crippen molar-refractivity contribution in [2.45, 2.75) is 6.42 Å². The van der Waals surface area contributed by atoms with E-state index in [1.165, 1.54) is 33.4 Å². The molecule has 0 fully saturated rings. The number of benzene rings is 3. The molecule has 1 heteroatoms. The Labute approximate surface area is 127 Å². The van der Waals surface area contributed by atoms with Gasteiger partial charge >= 0.3 is 0 Å². The zero-order chi connectivity index (χ0) is 13.5. The fourth-order valence-corrected chi connectivity index (χ4v) is 3.59. The molecule has 0 spiro atoms. The van der Waals surface area contributed by atoms with Crippen molar-refractivity contribution in [1.82, 2.24) is 0 Å². The molecule has 3 aromatic carbocycles. The molecular formula is C19H13Br. The van der Waals surface area contributed by atoms with Crippen LogP contribution in [-0.2, 0) is 6.42 Å². The molecule has 0 atom stereocenters. The van der Waals surface area contributed by atoms with E-state index in [-0.39, 0.29) is 0 Å². The molecule has 0 nitrogen and oxygen atoms in total. The van der Waals surface area contributed by atoms with Crippen LogP contribution in [0.2, 0.25) is 0 Å². The van der Waals surface area contributed by atoms with E-state index in [4.69, 9.17) is 0 Å². The number of halogens is 1. The Bertz CT molecular complexity index is 802. The molecule has 0 unspecified atom stereocenters. The van der Waals surface area contributed by atoms with Gasteiger partial charge in [-0.05, 0) is 45.9 Å². The molecule has 0 N–H and O–H groups in total. The van der Waals surface area contributed by atoms with Crippen LogP contribution >= 0.6 is 15.9 Å². The second-order valence-corrected chi connectivity index (χ2v) is 6.01. The van der Waals surface area contributed by atoms with Gasteiger partial charge < -0.3 is 0 Å². The Morgan fingerprint density at radius 2 is 1.25 bits per heavy atom. The zero-order valence-electron chi connectivity index (χ0n) is 10.9. The van der Waals surface area contributed by atoms with E-state index in [1.807, 2.05) is 0 Å². The summed E-state index contributed by atoms with van der Waals surface area (Å²) in [6, 6.07) is 23.8. The third kappa shape index (κ3) is 1.74. The van der Waals surface area contributed by atoms with E-state index in [9.17, 15) is 0 Å². The first-order chi connectivity index (χ1) is 9.84. The van der Waals surface area contributed by atoms with E-state index < -0.39 is 0 Å². The van der Waals surface area contributed by atoms with Crippen LogP contribution in [0, 0.1) is 0 Å². The molecule has 0 bridgehead atoms. The van der Waals surface area contributed by atoms with Crippen LogP contribution in [0.25, 0.3) is 22.3 Å². The third-order valence-electron chi connectivity index (χ3n) is 3.98. The van der Waals surface area contributed by atoms with Gasteiger partial charge in [-0.15, -0.1) is 0 Å². The minimum Gasteiger partial charge on any atom is -0.0619 e. The van der Waals surface area contributed by atoms with Crippen molar-refractivity contribution >= 4 is 15.9 Å². The number of hydrogen-bond acceptors (Lipinski definition) is 0. The van der Waals surface area contributed by atoms with E-state index >= 15 is 0 Å². The summed E-state index contributed by atoms with van der Waals surface area (Å²) in [7, 11) is 0. The molecule has 3 aromatic rings. The van der Waals surface area contributed by atoms with Crippen molar-refractivity contribution < 1.29 is 0 Å². The molecule has 4 rings (SSSR count). The fourth-order valence-electron chi connectivity index (χ4n) is 3.09. The lowest BCUT2D eigenvalue weighted by Crippen LogP contribution is -1.86. The lowest BCUT2D eigenvalue weighted by Gasteiger charge is -2.11. The van der Waals surface area contributed by atoms with Crippen molar-refractivity contribution in [3.8, 4) is 22.3 Å². The van der Waals surface area contributed by atoms with Gasteiger partial charge in [-0.3, -0.25) is 0 Å². The molecule has 0 saturated carbocycles. The summed E-state index contributed by atoms with van der Waals surface area (Å²) < 4.78 is 1.15. The van der Waals surface area contributed by atoms with Crippen LogP contribution in [-0.4, -0.2) is 0 Å². The smallest absolute Gasteiger partial charge is 0.0253 e. The van der Waals surface area contributed by atoms with Gasteiger partial charge in [0, 0.05) is 4.47 Å². The maximum atomic E-state index is 3.68. The van der Waals surface area contributed by atoms with Crippen LogP contribution in [0.1, 0.15) is 11.1 Å². The summed E-state index contributed by atoms with van der Waals surface area (Å²) in [5.74, 6) is 0. The van der Waals surface area contributed by atoms with Gasteiger partial charge in [0.15, 0.2) is 0 Å². The fraction of sp³-hybridized carbons (Fsp3) is 0.0526. The topological polar surface area (TPSA) is 0 Å². The Morgan fingerprint density at radius 3 is 2.10 bits per heavy atom. The van der Waals surface area contributed by atoms with Gasteiger partial charge in [-0.2, -0.15) is 0 Å². The number of rotatable bonds is 1. The molecule has 96 valence electrons. The second-order valence-electron chi connectivity index (χ2n) is 5.15. The highest BCUT2D eigenvalue weighted by atomic mass is 79.9. The standard InChI is InChI=1S/C19H13Br/c20-18-11-4-3-9-16(18)17-10-5-7-14-12-13-6-1-2-8-15(13)19(14)17/h1-11H,12H2. The number of hydrogen-bond donors (Lipinski definition) is 0. The summed E-state index contributed by atoms with van der Waals surface area (Å²) in [6.07, 6.45) is 1.05. The Morgan fingerprint density at radius 1 is 0.600 bits per heavy atom. The lowest BCUT2D eigenvalue weighted by molar-refractivity contribution is 1.26. The van der Waals surface area contributed by atoms with Gasteiger partial charge in [-0.25, -0.2) is 0 Å². The van der Waals surface area contributed by atoms with Crippen molar-refractivity contribution in [2.75, 3.05) is 0 Å². The monoisotopic (exact) mass is 320 g/mol. The van der Waals surface area contributed by atoms with E-state index in [1.54, 1.807) is 0 Å². The van der Waals surface area contributed by atoms with Gasteiger partial charge in [0.05, 0.1) is 0 Å². The van der Waals surface area contributed by atoms with Crippen molar-refractivity contribution in [2.24, 2.45) is 0 Å². The highest BCUT2D eigenvalue weighted by molar-refractivity contribution is 9.10. The highest BCUT2D eigenvalue weighted by Gasteiger charge is 2.21. The Balaban J connectivity index is 2.03. The van der Waals surface area contributed by atoms with Crippen molar-refractivity contribution in [3.05, 3.63) is 82.3 Å². The molecule has 0 radical (unpaired) electrons. The summed E-state index contributed by atoms with van der Waals surface area (Å²) in [4.78, 5) is 0. The first kappa shape index (κ1) is 11.9. The average molecular weight is 321 g/mol.